The minimum atomic E-state index is -0.225. The van der Waals surface area contributed by atoms with Crippen LogP contribution in [0.3, 0.4) is 0 Å². The lowest BCUT2D eigenvalue weighted by atomic mass is 9.96. The van der Waals surface area contributed by atoms with Gasteiger partial charge in [0.05, 0.1) is 0 Å². The highest BCUT2D eigenvalue weighted by Gasteiger charge is 2.12. The molecular formula is C10H15NS. The van der Waals surface area contributed by atoms with Crippen LogP contribution in [0.2, 0.25) is 0 Å². The second-order valence-corrected chi connectivity index (χ2v) is 4.33. The van der Waals surface area contributed by atoms with Crippen LogP contribution in [-0.2, 0) is 5.54 Å². The third kappa shape index (κ3) is 2.26. The SMILES string of the molecule is CSc1ccc(C(C)(C)N)cc1. The van der Waals surface area contributed by atoms with Crippen molar-refractivity contribution in [2.24, 2.45) is 5.73 Å². The van der Waals surface area contributed by atoms with Gasteiger partial charge in [0.1, 0.15) is 0 Å². The molecule has 1 aromatic rings. The van der Waals surface area contributed by atoms with Gasteiger partial charge in [0.2, 0.25) is 0 Å². The fraction of sp³-hybridized carbons (Fsp3) is 0.400. The summed E-state index contributed by atoms with van der Waals surface area (Å²) in [6.45, 7) is 4.03. The van der Waals surface area contributed by atoms with E-state index in [0.717, 1.165) is 0 Å². The number of hydrogen-bond acceptors (Lipinski definition) is 2. The summed E-state index contributed by atoms with van der Waals surface area (Å²) < 4.78 is 0. The van der Waals surface area contributed by atoms with Crippen molar-refractivity contribution in [2.45, 2.75) is 24.3 Å². The van der Waals surface area contributed by atoms with E-state index in [0.29, 0.717) is 0 Å². The highest BCUT2D eigenvalue weighted by molar-refractivity contribution is 7.98. The average molecular weight is 181 g/mol. The molecule has 0 aliphatic rings. The van der Waals surface area contributed by atoms with Crippen molar-refractivity contribution in [1.82, 2.24) is 0 Å². The first-order valence-corrected chi connectivity index (χ1v) is 5.20. The Hall–Kier alpha value is -0.470. The van der Waals surface area contributed by atoms with Crippen molar-refractivity contribution in [3.63, 3.8) is 0 Å². The second kappa shape index (κ2) is 3.50. The number of rotatable bonds is 2. The molecule has 2 heteroatoms. The molecule has 0 fully saturated rings. The van der Waals surface area contributed by atoms with Crippen LogP contribution in [0.1, 0.15) is 19.4 Å². The van der Waals surface area contributed by atoms with Gasteiger partial charge in [-0.3, -0.25) is 0 Å². The molecule has 1 aromatic carbocycles. The molecule has 0 unspecified atom stereocenters. The first-order valence-electron chi connectivity index (χ1n) is 3.97. The minimum absolute atomic E-state index is 0.225. The van der Waals surface area contributed by atoms with Crippen LogP contribution in [0.4, 0.5) is 0 Å². The zero-order chi connectivity index (χ0) is 9.19. The third-order valence-electron chi connectivity index (χ3n) is 1.83. The number of benzene rings is 1. The van der Waals surface area contributed by atoms with Crippen LogP contribution in [0.5, 0.6) is 0 Å². The van der Waals surface area contributed by atoms with E-state index in [-0.39, 0.29) is 5.54 Å². The monoisotopic (exact) mass is 181 g/mol. The Labute approximate surface area is 78.4 Å². The van der Waals surface area contributed by atoms with E-state index in [4.69, 9.17) is 5.73 Å². The van der Waals surface area contributed by atoms with E-state index in [2.05, 4.69) is 30.5 Å². The van der Waals surface area contributed by atoms with Crippen LogP contribution in [0.15, 0.2) is 29.2 Å². The Kier molecular flexibility index (Phi) is 2.80. The number of nitrogens with two attached hydrogens (primary N) is 1. The summed E-state index contributed by atoms with van der Waals surface area (Å²) in [5.74, 6) is 0. The summed E-state index contributed by atoms with van der Waals surface area (Å²) in [5, 5.41) is 0. The first kappa shape index (κ1) is 9.62. The predicted octanol–water partition coefficient (Wildman–Crippen LogP) is 2.60. The minimum Gasteiger partial charge on any atom is -0.322 e. The maximum atomic E-state index is 5.94. The molecule has 0 amide bonds. The van der Waals surface area contributed by atoms with Crippen molar-refractivity contribution < 1.29 is 0 Å². The topological polar surface area (TPSA) is 26.0 Å². The fourth-order valence-corrected chi connectivity index (χ4v) is 1.43. The molecule has 0 aromatic heterocycles. The van der Waals surface area contributed by atoms with Crippen molar-refractivity contribution in [3.8, 4) is 0 Å². The van der Waals surface area contributed by atoms with E-state index in [1.165, 1.54) is 10.5 Å². The van der Waals surface area contributed by atoms with E-state index < -0.39 is 0 Å². The van der Waals surface area contributed by atoms with Gasteiger partial charge < -0.3 is 5.73 Å². The molecule has 0 atom stereocenters. The Morgan fingerprint density at radius 3 is 2.00 bits per heavy atom. The maximum absolute atomic E-state index is 5.94. The molecule has 1 nitrogen and oxygen atoms in total. The van der Waals surface area contributed by atoms with Crippen molar-refractivity contribution in [3.05, 3.63) is 29.8 Å². The molecule has 0 aliphatic carbocycles. The predicted molar refractivity (Wildman–Crippen MR) is 55.4 cm³/mol. The lowest BCUT2D eigenvalue weighted by molar-refractivity contribution is 0.554. The van der Waals surface area contributed by atoms with Gasteiger partial charge in [-0.25, -0.2) is 0 Å². The van der Waals surface area contributed by atoms with Gasteiger partial charge in [0.15, 0.2) is 0 Å². The summed E-state index contributed by atoms with van der Waals surface area (Å²) in [5.41, 5.74) is 6.90. The molecule has 66 valence electrons. The molecule has 0 aliphatic heterocycles. The highest BCUT2D eigenvalue weighted by Crippen LogP contribution is 2.20. The van der Waals surface area contributed by atoms with E-state index >= 15 is 0 Å². The summed E-state index contributed by atoms with van der Waals surface area (Å²) in [6.07, 6.45) is 2.07. The molecule has 2 N–H and O–H groups in total. The van der Waals surface area contributed by atoms with Crippen LogP contribution in [-0.4, -0.2) is 6.26 Å². The smallest absolute Gasteiger partial charge is 0.0352 e. The molecule has 0 radical (unpaired) electrons. The first-order chi connectivity index (χ1) is 5.54. The molecular weight excluding hydrogens is 166 g/mol. The lowest BCUT2D eigenvalue weighted by Gasteiger charge is -2.18. The quantitative estimate of drug-likeness (QED) is 0.710. The van der Waals surface area contributed by atoms with Gasteiger partial charge in [-0.15, -0.1) is 11.8 Å². The largest absolute Gasteiger partial charge is 0.322 e. The molecule has 1 rings (SSSR count). The summed E-state index contributed by atoms with van der Waals surface area (Å²) >= 11 is 1.75. The van der Waals surface area contributed by atoms with E-state index in [1.807, 2.05) is 13.8 Å². The number of thioether (sulfide) groups is 1. The van der Waals surface area contributed by atoms with Gasteiger partial charge in [0.25, 0.3) is 0 Å². The van der Waals surface area contributed by atoms with E-state index in [1.54, 1.807) is 11.8 Å². The van der Waals surface area contributed by atoms with Crippen LogP contribution in [0.25, 0.3) is 0 Å². The Morgan fingerprint density at radius 1 is 1.17 bits per heavy atom. The van der Waals surface area contributed by atoms with Crippen molar-refractivity contribution in [1.29, 1.82) is 0 Å². The molecule has 0 saturated carbocycles. The highest BCUT2D eigenvalue weighted by atomic mass is 32.2. The molecule has 0 spiro atoms. The zero-order valence-electron chi connectivity index (χ0n) is 7.79. The Morgan fingerprint density at radius 2 is 1.67 bits per heavy atom. The molecule has 0 heterocycles. The standard InChI is InChI=1S/C10H15NS/c1-10(2,11)8-4-6-9(12-3)7-5-8/h4-7H,11H2,1-3H3. The average Bonchev–Trinajstić information content (AvgIpc) is 2.03. The van der Waals surface area contributed by atoms with Gasteiger partial charge in [0, 0.05) is 10.4 Å². The molecule has 0 saturated heterocycles. The van der Waals surface area contributed by atoms with Crippen molar-refractivity contribution >= 4 is 11.8 Å². The van der Waals surface area contributed by atoms with Gasteiger partial charge in [-0.1, -0.05) is 12.1 Å². The van der Waals surface area contributed by atoms with Crippen LogP contribution < -0.4 is 5.73 Å². The summed E-state index contributed by atoms with van der Waals surface area (Å²) in [4.78, 5) is 1.28. The Bertz CT molecular complexity index is 246. The van der Waals surface area contributed by atoms with Gasteiger partial charge >= 0.3 is 0 Å². The summed E-state index contributed by atoms with van der Waals surface area (Å²) in [7, 11) is 0. The third-order valence-corrected chi connectivity index (χ3v) is 2.58. The van der Waals surface area contributed by atoms with E-state index in [9.17, 15) is 0 Å². The lowest BCUT2D eigenvalue weighted by Crippen LogP contribution is -2.28. The fourth-order valence-electron chi connectivity index (χ4n) is 1.02. The van der Waals surface area contributed by atoms with Gasteiger partial charge in [-0.05, 0) is 37.8 Å². The Balaban J connectivity index is 2.93. The van der Waals surface area contributed by atoms with Crippen molar-refractivity contribution in [2.75, 3.05) is 6.26 Å². The number of hydrogen-bond donors (Lipinski definition) is 1. The molecule has 0 bridgehead atoms. The van der Waals surface area contributed by atoms with Gasteiger partial charge in [-0.2, -0.15) is 0 Å². The normalized spacial score (nSPS) is 11.7. The second-order valence-electron chi connectivity index (χ2n) is 3.45. The zero-order valence-corrected chi connectivity index (χ0v) is 8.61. The van der Waals surface area contributed by atoms with Crippen LogP contribution in [0, 0.1) is 0 Å². The summed E-state index contributed by atoms with van der Waals surface area (Å²) in [6, 6.07) is 8.39. The van der Waals surface area contributed by atoms with Crippen LogP contribution >= 0.6 is 11.8 Å². The molecule has 12 heavy (non-hydrogen) atoms. The maximum Gasteiger partial charge on any atom is 0.0352 e.